The van der Waals surface area contributed by atoms with Gasteiger partial charge in [0.2, 0.25) is 0 Å². The lowest BCUT2D eigenvalue weighted by Gasteiger charge is -2.31. The number of aryl methyl sites for hydroxylation is 1. The lowest BCUT2D eigenvalue weighted by molar-refractivity contribution is 0.195. The number of nitrogens with two attached hydrogens (primary N) is 1. The van der Waals surface area contributed by atoms with Crippen molar-refractivity contribution in [3.05, 3.63) is 29.6 Å². The van der Waals surface area contributed by atoms with Gasteiger partial charge in [0.05, 0.1) is 0 Å². The summed E-state index contributed by atoms with van der Waals surface area (Å²) in [7, 11) is 0. The van der Waals surface area contributed by atoms with E-state index in [1.54, 1.807) is 0 Å². The van der Waals surface area contributed by atoms with Gasteiger partial charge in [-0.05, 0) is 44.5 Å². The van der Waals surface area contributed by atoms with Crippen LogP contribution in [0.5, 0.6) is 0 Å². The standard InChI is InChI=1S/C16H29N3/c1-4-6-10-19(11-7-5-2)16(12-17)15-9-8-14(3)18-13-15/h8-9,13,16H,4-7,10-12,17H2,1-3H3. The smallest absolute Gasteiger partial charge is 0.0485 e. The molecule has 0 aliphatic heterocycles. The third-order valence-corrected chi connectivity index (χ3v) is 3.58. The van der Waals surface area contributed by atoms with E-state index in [1.165, 1.54) is 31.2 Å². The summed E-state index contributed by atoms with van der Waals surface area (Å²) in [5.74, 6) is 0. The van der Waals surface area contributed by atoms with Gasteiger partial charge in [0.1, 0.15) is 0 Å². The minimum Gasteiger partial charge on any atom is -0.329 e. The zero-order valence-electron chi connectivity index (χ0n) is 12.7. The summed E-state index contributed by atoms with van der Waals surface area (Å²) >= 11 is 0. The molecule has 1 aromatic rings. The molecule has 0 radical (unpaired) electrons. The highest BCUT2D eigenvalue weighted by molar-refractivity contribution is 5.17. The minimum absolute atomic E-state index is 0.311. The number of nitrogens with zero attached hydrogens (tertiary/aromatic N) is 2. The van der Waals surface area contributed by atoms with Crippen LogP contribution in [0.3, 0.4) is 0 Å². The van der Waals surface area contributed by atoms with Crippen LogP contribution in [0, 0.1) is 6.92 Å². The molecular weight excluding hydrogens is 234 g/mol. The highest BCUT2D eigenvalue weighted by Gasteiger charge is 2.18. The molecule has 0 fully saturated rings. The Kier molecular flexibility index (Phi) is 7.68. The number of unbranched alkanes of at least 4 members (excludes halogenated alkanes) is 2. The van der Waals surface area contributed by atoms with Crippen molar-refractivity contribution in [1.82, 2.24) is 9.88 Å². The lowest BCUT2D eigenvalue weighted by atomic mass is 10.1. The van der Waals surface area contributed by atoms with Gasteiger partial charge < -0.3 is 5.73 Å². The fourth-order valence-electron chi connectivity index (χ4n) is 2.32. The molecular formula is C16H29N3. The zero-order valence-corrected chi connectivity index (χ0v) is 12.7. The first kappa shape index (κ1) is 16.1. The second kappa shape index (κ2) is 9.05. The summed E-state index contributed by atoms with van der Waals surface area (Å²) in [6, 6.07) is 4.56. The molecule has 3 nitrogen and oxygen atoms in total. The molecule has 0 amide bonds. The Hall–Kier alpha value is -0.930. The first-order valence-corrected chi connectivity index (χ1v) is 7.59. The van der Waals surface area contributed by atoms with Gasteiger partial charge in [0, 0.05) is 24.5 Å². The van der Waals surface area contributed by atoms with Crippen LogP contribution in [0.1, 0.15) is 56.8 Å². The van der Waals surface area contributed by atoms with E-state index in [1.807, 2.05) is 13.1 Å². The van der Waals surface area contributed by atoms with E-state index in [0.717, 1.165) is 18.8 Å². The second-order valence-electron chi connectivity index (χ2n) is 5.23. The number of hydrogen-bond donors (Lipinski definition) is 1. The molecule has 1 aromatic heterocycles. The number of pyridine rings is 1. The number of aromatic nitrogens is 1. The van der Waals surface area contributed by atoms with Crippen molar-refractivity contribution >= 4 is 0 Å². The van der Waals surface area contributed by atoms with Gasteiger partial charge >= 0.3 is 0 Å². The quantitative estimate of drug-likeness (QED) is 0.743. The van der Waals surface area contributed by atoms with E-state index in [4.69, 9.17) is 5.73 Å². The molecule has 0 aliphatic carbocycles. The monoisotopic (exact) mass is 263 g/mol. The zero-order chi connectivity index (χ0) is 14.1. The van der Waals surface area contributed by atoms with Gasteiger partial charge in [-0.3, -0.25) is 9.88 Å². The van der Waals surface area contributed by atoms with Crippen molar-refractivity contribution in [2.75, 3.05) is 19.6 Å². The van der Waals surface area contributed by atoms with Crippen LogP contribution in [-0.2, 0) is 0 Å². The average Bonchev–Trinajstić information content (AvgIpc) is 2.43. The molecule has 0 spiro atoms. The fraction of sp³-hybridized carbons (Fsp3) is 0.688. The van der Waals surface area contributed by atoms with Gasteiger partial charge in [-0.15, -0.1) is 0 Å². The predicted octanol–water partition coefficient (Wildman–Crippen LogP) is 3.29. The van der Waals surface area contributed by atoms with Gasteiger partial charge in [-0.1, -0.05) is 32.8 Å². The lowest BCUT2D eigenvalue weighted by Crippen LogP contribution is -2.35. The van der Waals surface area contributed by atoms with E-state index in [2.05, 4.69) is 35.9 Å². The van der Waals surface area contributed by atoms with Gasteiger partial charge in [-0.2, -0.15) is 0 Å². The van der Waals surface area contributed by atoms with Crippen LogP contribution >= 0.6 is 0 Å². The molecule has 19 heavy (non-hydrogen) atoms. The van der Waals surface area contributed by atoms with E-state index >= 15 is 0 Å². The van der Waals surface area contributed by atoms with Crippen LogP contribution in [0.15, 0.2) is 18.3 Å². The molecule has 1 atom stereocenters. The predicted molar refractivity (Wildman–Crippen MR) is 82.2 cm³/mol. The summed E-state index contributed by atoms with van der Waals surface area (Å²) < 4.78 is 0. The molecule has 0 aliphatic rings. The van der Waals surface area contributed by atoms with E-state index < -0.39 is 0 Å². The molecule has 0 saturated carbocycles. The second-order valence-corrected chi connectivity index (χ2v) is 5.23. The van der Waals surface area contributed by atoms with E-state index in [0.29, 0.717) is 12.6 Å². The van der Waals surface area contributed by atoms with Crippen LogP contribution in [-0.4, -0.2) is 29.5 Å². The van der Waals surface area contributed by atoms with Crippen molar-refractivity contribution in [3.8, 4) is 0 Å². The maximum absolute atomic E-state index is 6.02. The van der Waals surface area contributed by atoms with Crippen LogP contribution in [0.25, 0.3) is 0 Å². The maximum Gasteiger partial charge on any atom is 0.0485 e. The topological polar surface area (TPSA) is 42.1 Å². The van der Waals surface area contributed by atoms with Crippen molar-refractivity contribution in [3.63, 3.8) is 0 Å². The van der Waals surface area contributed by atoms with Crippen LogP contribution < -0.4 is 5.73 Å². The normalized spacial score (nSPS) is 12.9. The molecule has 0 bridgehead atoms. The third kappa shape index (κ3) is 5.29. The molecule has 1 unspecified atom stereocenters. The highest BCUT2D eigenvalue weighted by atomic mass is 15.2. The summed E-state index contributed by atoms with van der Waals surface area (Å²) in [5.41, 5.74) is 8.33. The van der Waals surface area contributed by atoms with E-state index in [9.17, 15) is 0 Å². The third-order valence-electron chi connectivity index (χ3n) is 3.58. The van der Waals surface area contributed by atoms with Crippen molar-refractivity contribution in [2.24, 2.45) is 5.73 Å². The largest absolute Gasteiger partial charge is 0.329 e. The summed E-state index contributed by atoms with van der Waals surface area (Å²) in [5, 5.41) is 0. The average molecular weight is 263 g/mol. The Morgan fingerprint density at radius 3 is 2.21 bits per heavy atom. The number of rotatable bonds is 9. The highest BCUT2D eigenvalue weighted by Crippen LogP contribution is 2.20. The first-order chi connectivity index (χ1) is 9.22. The fourth-order valence-corrected chi connectivity index (χ4v) is 2.32. The van der Waals surface area contributed by atoms with Gasteiger partial charge in [-0.25, -0.2) is 0 Å². The SMILES string of the molecule is CCCCN(CCCC)C(CN)c1ccc(C)nc1. The molecule has 3 heteroatoms. The van der Waals surface area contributed by atoms with E-state index in [-0.39, 0.29) is 0 Å². The molecule has 0 saturated heterocycles. The molecule has 1 heterocycles. The van der Waals surface area contributed by atoms with Crippen LogP contribution in [0.4, 0.5) is 0 Å². The molecule has 2 N–H and O–H groups in total. The van der Waals surface area contributed by atoms with Gasteiger partial charge in [0.15, 0.2) is 0 Å². The van der Waals surface area contributed by atoms with Gasteiger partial charge in [0.25, 0.3) is 0 Å². The Balaban J connectivity index is 2.78. The molecule has 0 aromatic carbocycles. The Morgan fingerprint density at radius 2 is 1.79 bits per heavy atom. The van der Waals surface area contributed by atoms with Crippen LogP contribution in [0.2, 0.25) is 0 Å². The van der Waals surface area contributed by atoms with Crippen molar-refractivity contribution in [2.45, 2.75) is 52.5 Å². The Morgan fingerprint density at radius 1 is 1.16 bits per heavy atom. The summed E-state index contributed by atoms with van der Waals surface area (Å²) in [6.07, 6.45) is 6.91. The Labute approximate surface area is 118 Å². The van der Waals surface area contributed by atoms with Crippen molar-refractivity contribution < 1.29 is 0 Å². The Bertz CT molecular complexity index is 326. The van der Waals surface area contributed by atoms with Crippen molar-refractivity contribution in [1.29, 1.82) is 0 Å². The molecule has 1 rings (SSSR count). The minimum atomic E-state index is 0.311. The summed E-state index contributed by atoms with van der Waals surface area (Å²) in [4.78, 5) is 6.94. The number of hydrogen-bond acceptors (Lipinski definition) is 3. The molecule has 108 valence electrons. The maximum atomic E-state index is 6.02. The first-order valence-electron chi connectivity index (χ1n) is 7.59. The summed E-state index contributed by atoms with van der Waals surface area (Å²) in [6.45, 7) is 9.43.